The Morgan fingerprint density at radius 1 is 1.36 bits per heavy atom. The van der Waals surface area contributed by atoms with E-state index >= 15 is 0 Å². The van der Waals surface area contributed by atoms with Gasteiger partial charge in [0, 0.05) is 5.02 Å². The second-order valence-electron chi connectivity index (χ2n) is 5.98. The third-order valence-corrected chi connectivity index (χ3v) is 4.74. The van der Waals surface area contributed by atoms with Gasteiger partial charge in [-0.05, 0) is 49.4 Å². The topological polar surface area (TPSA) is 60.2 Å². The predicted octanol–water partition coefficient (Wildman–Crippen LogP) is 2.93. The molecule has 3 rings (SSSR count). The van der Waals surface area contributed by atoms with Crippen molar-refractivity contribution < 1.29 is 9.84 Å². The highest BCUT2D eigenvalue weighted by Gasteiger charge is 2.46. The summed E-state index contributed by atoms with van der Waals surface area (Å²) in [4.78, 5) is 3.95. The summed E-state index contributed by atoms with van der Waals surface area (Å²) in [5.41, 5.74) is -0.967. The van der Waals surface area contributed by atoms with Gasteiger partial charge in [-0.3, -0.25) is 0 Å². The Bertz CT molecular complexity index is 602. The van der Waals surface area contributed by atoms with Crippen LogP contribution in [-0.4, -0.2) is 31.6 Å². The van der Waals surface area contributed by atoms with Crippen LogP contribution in [0.1, 0.15) is 26.2 Å². The van der Waals surface area contributed by atoms with E-state index in [2.05, 4.69) is 17.0 Å². The van der Waals surface area contributed by atoms with E-state index in [1.807, 2.05) is 12.1 Å². The van der Waals surface area contributed by atoms with E-state index in [0.717, 1.165) is 25.0 Å². The van der Waals surface area contributed by atoms with Gasteiger partial charge in [-0.25, -0.2) is 9.67 Å². The summed E-state index contributed by atoms with van der Waals surface area (Å²) in [5, 5.41) is 16.0. The number of halogens is 1. The molecule has 22 heavy (non-hydrogen) atoms. The summed E-state index contributed by atoms with van der Waals surface area (Å²) in [6.45, 7) is 2.45. The van der Waals surface area contributed by atoms with Gasteiger partial charge >= 0.3 is 0 Å². The summed E-state index contributed by atoms with van der Waals surface area (Å²) in [6.07, 6.45) is 5.66. The van der Waals surface area contributed by atoms with Gasteiger partial charge in [-0.1, -0.05) is 18.5 Å². The van der Waals surface area contributed by atoms with Crippen molar-refractivity contribution in [3.05, 3.63) is 41.9 Å². The van der Waals surface area contributed by atoms with Gasteiger partial charge in [0.15, 0.2) is 0 Å². The zero-order valence-corrected chi connectivity index (χ0v) is 13.3. The molecule has 0 unspecified atom stereocenters. The third kappa shape index (κ3) is 3.10. The standard InChI is InChI=1S/C16H20ClN3O2/c1-12-3-2-4-15(22-14-7-5-13(17)6-8-14)16(12,21)9-20-11-18-10-19-20/h5-8,10-12,15,21H,2-4,9H2,1H3/t12-,15-,16-/m0/s1. The molecule has 0 saturated heterocycles. The Morgan fingerprint density at radius 3 is 2.82 bits per heavy atom. The minimum Gasteiger partial charge on any atom is -0.487 e. The third-order valence-electron chi connectivity index (χ3n) is 4.49. The fourth-order valence-electron chi connectivity index (χ4n) is 3.10. The lowest BCUT2D eigenvalue weighted by Gasteiger charge is -2.44. The Morgan fingerprint density at radius 2 is 2.14 bits per heavy atom. The van der Waals surface area contributed by atoms with E-state index in [4.69, 9.17) is 16.3 Å². The fourth-order valence-corrected chi connectivity index (χ4v) is 3.22. The minimum absolute atomic E-state index is 0.128. The summed E-state index contributed by atoms with van der Waals surface area (Å²) in [6, 6.07) is 7.24. The van der Waals surface area contributed by atoms with Gasteiger partial charge in [0.1, 0.15) is 30.1 Å². The predicted molar refractivity (Wildman–Crippen MR) is 83.9 cm³/mol. The van der Waals surface area contributed by atoms with Crippen molar-refractivity contribution in [3.8, 4) is 5.75 Å². The molecule has 1 heterocycles. The first-order valence-corrected chi connectivity index (χ1v) is 7.93. The van der Waals surface area contributed by atoms with Crippen LogP contribution >= 0.6 is 11.6 Å². The molecule has 118 valence electrons. The zero-order valence-electron chi connectivity index (χ0n) is 12.5. The number of rotatable bonds is 4. The molecule has 1 saturated carbocycles. The molecular formula is C16H20ClN3O2. The first-order chi connectivity index (χ1) is 10.6. The van der Waals surface area contributed by atoms with Gasteiger partial charge in [-0.2, -0.15) is 5.10 Å². The maximum atomic E-state index is 11.2. The largest absolute Gasteiger partial charge is 0.487 e. The van der Waals surface area contributed by atoms with Crippen LogP contribution in [0.25, 0.3) is 0 Å². The molecule has 5 nitrogen and oxygen atoms in total. The van der Waals surface area contributed by atoms with Crippen molar-refractivity contribution in [2.45, 2.75) is 44.4 Å². The van der Waals surface area contributed by atoms with E-state index in [0.29, 0.717) is 11.6 Å². The molecule has 1 aromatic heterocycles. The summed E-state index contributed by atoms with van der Waals surface area (Å²) in [5.74, 6) is 0.850. The van der Waals surface area contributed by atoms with Gasteiger partial charge in [-0.15, -0.1) is 0 Å². The van der Waals surface area contributed by atoms with Crippen molar-refractivity contribution in [2.75, 3.05) is 0 Å². The minimum atomic E-state index is -0.967. The molecule has 1 aliphatic carbocycles. The first-order valence-electron chi connectivity index (χ1n) is 7.55. The average Bonchev–Trinajstić information content (AvgIpc) is 2.99. The van der Waals surface area contributed by atoms with Crippen LogP contribution < -0.4 is 4.74 Å². The second-order valence-corrected chi connectivity index (χ2v) is 6.41. The highest BCUT2D eigenvalue weighted by molar-refractivity contribution is 6.30. The SMILES string of the molecule is C[C@H]1CCC[C@H](Oc2ccc(Cl)cc2)[C@]1(O)Cn1cncn1. The molecule has 0 spiro atoms. The van der Waals surface area contributed by atoms with Gasteiger partial charge < -0.3 is 9.84 Å². The van der Waals surface area contributed by atoms with E-state index in [9.17, 15) is 5.11 Å². The number of hydrogen-bond acceptors (Lipinski definition) is 4. The maximum absolute atomic E-state index is 11.2. The molecule has 6 heteroatoms. The lowest BCUT2D eigenvalue weighted by Crippen LogP contribution is -2.56. The van der Waals surface area contributed by atoms with Crippen molar-refractivity contribution in [3.63, 3.8) is 0 Å². The zero-order chi connectivity index (χ0) is 15.6. The maximum Gasteiger partial charge on any atom is 0.137 e. The molecule has 1 N–H and O–H groups in total. The molecule has 1 aromatic carbocycles. The van der Waals surface area contributed by atoms with Gasteiger partial charge in [0.05, 0.1) is 6.54 Å². The molecule has 0 bridgehead atoms. The van der Waals surface area contributed by atoms with Crippen molar-refractivity contribution in [1.29, 1.82) is 0 Å². The Labute approximate surface area is 134 Å². The van der Waals surface area contributed by atoms with Crippen LogP contribution in [0.15, 0.2) is 36.9 Å². The van der Waals surface area contributed by atoms with Crippen molar-refractivity contribution in [1.82, 2.24) is 14.8 Å². The first kappa shape index (κ1) is 15.3. The van der Waals surface area contributed by atoms with Crippen molar-refractivity contribution in [2.24, 2.45) is 5.92 Å². The number of ether oxygens (including phenoxy) is 1. The molecule has 0 radical (unpaired) electrons. The summed E-state index contributed by atoms with van der Waals surface area (Å²) in [7, 11) is 0. The lowest BCUT2D eigenvalue weighted by atomic mass is 9.74. The van der Waals surface area contributed by atoms with Crippen LogP contribution in [0, 0.1) is 5.92 Å². The highest BCUT2D eigenvalue weighted by atomic mass is 35.5. The van der Waals surface area contributed by atoms with Crippen LogP contribution in [0.2, 0.25) is 5.02 Å². The highest BCUT2D eigenvalue weighted by Crippen LogP contribution is 2.37. The number of aliphatic hydroxyl groups is 1. The quantitative estimate of drug-likeness (QED) is 0.940. The van der Waals surface area contributed by atoms with E-state index in [1.165, 1.54) is 6.33 Å². The smallest absolute Gasteiger partial charge is 0.137 e. The number of aromatic nitrogens is 3. The monoisotopic (exact) mass is 321 g/mol. The van der Waals surface area contributed by atoms with E-state index < -0.39 is 5.60 Å². The van der Waals surface area contributed by atoms with Crippen LogP contribution in [-0.2, 0) is 6.54 Å². The number of nitrogens with zero attached hydrogens (tertiary/aromatic N) is 3. The molecular weight excluding hydrogens is 302 g/mol. The van der Waals surface area contributed by atoms with Crippen molar-refractivity contribution >= 4 is 11.6 Å². The van der Waals surface area contributed by atoms with E-state index in [1.54, 1.807) is 23.1 Å². The van der Waals surface area contributed by atoms with Gasteiger partial charge in [0.25, 0.3) is 0 Å². The van der Waals surface area contributed by atoms with Crippen LogP contribution in [0.3, 0.4) is 0 Å². The molecule has 2 aromatic rings. The second kappa shape index (κ2) is 6.26. The average molecular weight is 322 g/mol. The fraction of sp³-hybridized carbons (Fsp3) is 0.500. The van der Waals surface area contributed by atoms with Crippen LogP contribution in [0.4, 0.5) is 0 Å². The number of benzene rings is 1. The van der Waals surface area contributed by atoms with E-state index in [-0.39, 0.29) is 12.0 Å². The normalized spacial score (nSPS) is 28.5. The number of hydrogen-bond donors (Lipinski definition) is 1. The summed E-state index contributed by atoms with van der Waals surface area (Å²) >= 11 is 5.90. The van der Waals surface area contributed by atoms with Crippen LogP contribution in [0.5, 0.6) is 5.75 Å². The lowest BCUT2D eigenvalue weighted by molar-refractivity contribution is -0.132. The Balaban J connectivity index is 1.81. The molecule has 0 aliphatic heterocycles. The Kier molecular flexibility index (Phi) is 4.36. The molecule has 0 amide bonds. The molecule has 1 aliphatic rings. The molecule has 1 fully saturated rings. The Hall–Kier alpha value is -1.59. The molecule has 3 atom stereocenters. The van der Waals surface area contributed by atoms with Gasteiger partial charge in [0.2, 0.25) is 0 Å². The summed E-state index contributed by atoms with van der Waals surface area (Å²) < 4.78 is 7.74.